The summed E-state index contributed by atoms with van der Waals surface area (Å²) < 4.78 is 5.52. The Morgan fingerprint density at radius 2 is 1.92 bits per heavy atom. The number of amides is 1. The van der Waals surface area contributed by atoms with E-state index in [2.05, 4.69) is 20.7 Å². The smallest absolute Gasteiger partial charge is 0.248 e. The third-order valence-electron chi connectivity index (χ3n) is 3.12. The van der Waals surface area contributed by atoms with Gasteiger partial charge in [-0.2, -0.15) is 4.80 Å². The number of aromatic nitrogens is 4. The predicted octanol–water partition coefficient (Wildman–Crippen LogP) is 3.20. The molecule has 25 heavy (non-hydrogen) atoms. The minimum atomic E-state index is -0.350. The molecule has 1 heterocycles. The van der Waals surface area contributed by atoms with Crippen LogP contribution >= 0.6 is 23.2 Å². The maximum Gasteiger partial charge on any atom is 0.248 e. The number of nitrogens with one attached hydrogen (secondary N) is 1. The lowest BCUT2D eigenvalue weighted by atomic mass is 10.3. The highest BCUT2D eigenvalue weighted by molar-refractivity contribution is 6.43. The Hall–Kier alpha value is -2.64. The summed E-state index contributed by atoms with van der Waals surface area (Å²) in [7, 11) is 0. The summed E-state index contributed by atoms with van der Waals surface area (Å²) in [5.74, 6) is 0.724. The molecule has 0 saturated carbocycles. The second-order valence-corrected chi connectivity index (χ2v) is 5.77. The minimum absolute atomic E-state index is 0.110. The van der Waals surface area contributed by atoms with E-state index in [9.17, 15) is 4.79 Å². The van der Waals surface area contributed by atoms with Crippen molar-refractivity contribution in [3.63, 3.8) is 0 Å². The van der Waals surface area contributed by atoms with Gasteiger partial charge in [-0.3, -0.25) is 4.79 Å². The van der Waals surface area contributed by atoms with E-state index in [4.69, 9.17) is 27.9 Å². The first-order valence-electron chi connectivity index (χ1n) is 7.30. The normalized spacial score (nSPS) is 10.5. The third-order valence-corrected chi connectivity index (χ3v) is 3.94. The zero-order valence-corrected chi connectivity index (χ0v) is 14.4. The first-order valence-corrected chi connectivity index (χ1v) is 8.06. The topological polar surface area (TPSA) is 81.9 Å². The van der Waals surface area contributed by atoms with Crippen molar-refractivity contribution in [3.05, 3.63) is 64.4 Å². The molecule has 1 amide bonds. The Bertz CT molecular complexity index is 870. The van der Waals surface area contributed by atoms with Gasteiger partial charge in [0.25, 0.3) is 0 Å². The molecule has 3 rings (SSSR count). The number of anilines is 1. The van der Waals surface area contributed by atoms with Crippen molar-refractivity contribution in [1.29, 1.82) is 0 Å². The standard InChI is InChI=1S/C16H13Cl2N5O2/c17-12-7-4-8-13(16(12)18)19-15(24)9-23-21-14(20-22-23)10-25-11-5-2-1-3-6-11/h1-8H,9-10H2,(H,19,24). The van der Waals surface area contributed by atoms with Crippen molar-refractivity contribution in [2.75, 3.05) is 5.32 Å². The number of rotatable bonds is 6. The molecule has 0 aliphatic rings. The van der Waals surface area contributed by atoms with Crippen molar-refractivity contribution in [3.8, 4) is 5.75 Å². The van der Waals surface area contributed by atoms with Crippen LogP contribution in [0, 0.1) is 0 Å². The molecule has 3 aromatic rings. The van der Waals surface area contributed by atoms with Gasteiger partial charge in [-0.15, -0.1) is 10.2 Å². The summed E-state index contributed by atoms with van der Waals surface area (Å²) in [6.07, 6.45) is 0. The average molecular weight is 378 g/mol. The molecule has 0 atom stereocenters. The molecule has 0 bridgehead atoms. The number of carbonyl (C=O) groups excluding carboxylic acids is 1. The van der Waals surface area contributed by atoms with Crippen LogP contribution < -0.4 is 10.1 Å². The van der Waals surface area contributed by atoms with Crippen molar-refractivity contribution in [2.45, 2.75) is 13.2 Å². The number of para-hydroxylation sites is 1. The van der Waals surface area contributed by atoms with Gasteiger partial charge in [-0.05, 0) is 29.5 Å². The Balaban J connectivity index is 1.55. The fraction of sp³-hybridized carbons (Fsp3) is 0.125. The summed E-state index contributed by atoms with van der Waals surface area (Å²) in [5, 5.41) is 15.1. The summed E-state index contributed by atoms with van der Waals surface area (Å²) in [6, 6.07) is 14.3. The lowest BCUT2D eigenvalue weighted by molar-refractivity contribution is -0.117. The van der Waals surface area contributed by atoms with Gasteiger partial charge in [0.05, 0.1) is 15.7 Å². The molecule has 0 saturated heterocycles. The largest absolute Gasteiger partial charge is 0.485 e. The number of hydrogen-bond acceptors (Lipinski definition) is 5. The molecule has 0 radical (unpaired) electrons. The summed E-state index contributed by atoms with van der Waals surface area (Å²) in [5.41, 5.74) is 0.423. The third kappa shape index (κ3) is 4.68. The van der Waals surface area contributed by atoms with Crippen LogP contribution in [0.15, 0.2) is 48.5 Å². The Labute approximate surface area is 153 Å². The van der Waals surface area contributed by atoms with Gasteiger partial charge in [0.15, 0.2) is 6.61 Å². The van der Waals surface area contributed by atoms with Crippen molar-refractivity contribution in [1.82, 2.24) is 20.2 Å². The molecule has 1 N–H and O–H groups in total. The van der Waals surface area contributed by atoms with E-state index in [1.54, 1.807) is 18.2 Å². The zero-order chi connectivity index (χ0) is 17.6. The fourth-order valence-corrected chi connectivity index (χ4v) is 2.33. The first-order chi connectivity index (χ1) is 12.1. The SMILES string of the molecule is O=C(Cn1nnc(COc2ccccc2)n1)Nc1cccc(Cl)c1Cl. The van der Waals surface area contributed by atoms with Crippen LogP contribution in [0.5, 0.6) is 5.75 Å². The first kappa shape index (κ1) is 17.2. The van der Waals surface area contributed by atoms with Crippen LogP contribution in [0.3, 0.4) is 0 Å². The van der Waals surface area contributed by atoms with Gasteiger partial charge in [-0.25, -0.2) is 0 Å². The minimum Gasteiger partial charge on any atom is -0.485 e. The Kier molecular flexibility index (Phi) is 5.47. The molecule has 2 aromatic carbocycles. The lowest BCUT2D eigenvalue weighted by Crippen LogP contribution is -2.20. The van der Waals surface area contributed by atoms with Crippen LogP contribution in [0.1, 0.15) is 5.82 Å². The molecule has 7 nitrogen and oxygen atoms in total. The highest BCUT2D eigenvalue weighted by Crippen LogP contribution is 2.29. The van der Waals surface area contributed by atoms with E-state index in [0.717, 1.165) is 0 Å². The monoisotopic (exact) mass is 377 g/mol. The average Bonchev–Trinajstić information content (AvgIpc) is 3.05. The van der Waals surface area contributed by atoms with Gasteiger partial charge < -0.3 is 10.1 Å². The van der Waals surface area contributed by atoms with Crippen LogP contribution in [0.4, 0.5) is 5.69 Å². The molecule has 0 aliphatic heterocycles. The Morgan fingerprint density at radius 3 is 2.72 bits per heavy atom. The number of carbonyl (C=O) groups is 1. The molecular formula is C16H13Cl2N5O2. The van der Waals surface area contributed by atoms with E-state index in [-0.39, 0.29) is 24.1 Å². The summed E-state index contributed by atoms with van der Waals surface area (Å²) in [6.45, 7) is 0.0485. The van der Waals surface area contributed by atoms with E-state index in [1.165, 1.54) is 4.80 Å². The van der Waals surface area contributed by atoms with Crippen molar-refractivity contribution < 1.29 is 9.53 Å². The highest BCUT2D eigenvalue weighted by atomic mass is 35.5. The maximum absolute atomic E-state index is 12.1. The summed E-state index contributed by atoms with van der Waals surface area (Å²) in [4.78, 5) is 13.2. The van der Waals surface area contributed by atoms with Crippen molar-refractivity contribution >= 4 is 34.8 Å². The van der Waals surface area contributed by atoms with E-state index >= 15 is 0 Å². The number of benzene rings is 2. The van der Waals surface area contributed by atoms with Gasteiger partial charge in [0.1, 0.15) is 12.3 Å². The fourth-order valence-electron chi connectivity index (χ4n) is 1.98. The second-order valence-electron chi connectivity index (χ2n) is 4.99. The van der Waals surface area contributed by atoms with Crippen LogP contribution in [0.2, 0.25) is 10.0 Å². The van der Waals surface area contributed by atoms with Crippen LogP contribution in [-0.2, 0) is 17.9 Å². The molecular weight excluding hydrogens is 365 g/mol. The molecule has 0 fully saturated rings. The zero-order valence-electron chi connectivity index (χ0n) is 12.9. The summed E-state index contributed by atoms with van der Waals surface area (Å²) >= 11 is 11.9. The van der Waals surface area contributed by atoms with E-state index in [0.29, 0.717) is 22.3 Å². The Morgan fingerprint density at radius 1 is 1.12 bits per heavy atom. The van der Waals surface area contributed by atoms with Crippen molar-refractivity contribution in [2.24, 2.45) is 0 Å². The lowest BCUT2D eigenvalue weighted by Gasteiger charge is -2.07. The van der Waals surface area contributed by atoms with E-state index < -0.39 is 0 Å². The number of tetrazole rings is 1. The molecule has 0 spiro atoms. The number of ether oxygens (including phenoxy) is 1. The van der Waals surface area contributed by atoms with Gasteiger partial charge >= 0.3 is 0 Å². The molecule has 0 unspecified atom stereocenters. The highest BCUT2D eigenvalue weighted by Gasteiger charge is 2.11. The predicted molar refractivity (Wildman–Crippen MR) is 93.7 cm³/mol. The molecule has 1 aromatic heterocycles. The molecule has 9 heteroatoms. The van der Waals surface area contributed by atoms with Gasteiger partial charge in [0, 0.05) is 0 Å². The second kappa shape index (κ2) is 7.96. The van der Waals surface area contributed by atoms with Gasteiger partial charge in [0.2, 0.25) is 11.7 Å². The molecule has 0 aliphatic carbocycles. The number of halogens is 2. The van der Waals surface area contributed by atoms with E-state index in [1.807, 2.05) is 30.3 Å². The molecule has 128 valence electrons. The van der Waals surface area contributed by atoms with Crippen LogP contribution in [-0.4, -0.2) is 26.1 Å². The number of nitrogens with zero attached hydrogens (tertiary/aromatic N) is 4. The van der Waals surface area contributed by atoms with Gasteiger partial charge in [-0.1, -0.05) is 47.5 Å². The van der Waals surface area contributed by atoms with Crippen LogP contribution in [0.25, 0.3) is 0 Å². The number of hydrogen-bond donors (Lipinski definition) is 1. The quantitative estimate of drug-likeness (QED) is 0.713. The maximum atomic E-state index is 12.1.